The Balaban J connectivity index is 1.13. The quantitative estimate of drug-likeness (QED) is 0.247. The van der Waals surface area contributed by atoms with Crippen molar-refractivity contribution >= 4 is 45.9 Å². The molecule has 0 saturated carbocycles. The molecule has 3 aromatic carbocycles. The van der Waals surface area contributed by atoms with E-state index in [2.05, 4.69) is 30.5 Å². The first-order valence-electron chi connectivity index (χ1n) is 13.5. The van der Waals surface area contributed by atoms with E-state index in [1.54, 1.807) is 4.90 Å². The lowest BCUT2D eigenvalue weighted by molar-refractivity contribution is 0.0970. The van der Waals surface area contributed by atoms with Crippen molar-refractivity contribution in [1.82, 2.24) is 24.4 Å². The molecule has 6 rings (SSSR count). The number of hydrogen-bond donors (Lipinski definition) is 4. The van der Waals surface area contributed by atoms with Crippen molar-refractivity contribution in [2.45, 2.75) is 6.92 Å². The number of rotatable bonds is 6. The molecule has 0 aliphatic carbocycles. The Morgan fingerprint density at radius 3 is 2.36 bits per heavy atom. The summed E-state index contributed by atoms with van der Waals surface area (Å²) in [4.78, 5) is 54.1. The van der Waals surface area contributed by atoms with Gasteiger partial charge in [-0.05, 0) is 55.0 Å². The van der Waals surface area contributed by atoms with Gasteiger partial charge >= 0.3 is 6.03 Å². The van der Waals surface area contributed by atoms with Crippen LogP contribution in [0.25, 0.3) is 17.0 Å². The van der Waals surface area contributed by atoms with Crippen molar-refractivity contribution in [1.29, 1.82) is 0 Å². The van der Waals surface area contributed by atoms with E-state index in [-0.39, 0.29) is 17.4 Å². The maximum atomic E-state index is 13.2. The summed E-state index contributed by atoms with van der Waals surface area (Å²) in [6.45, 7) is 4.41. The van der Waals surface area contributed by atoms with Gasteiger partial charge in [-0.2, -0.15) is 0 Å². The molecule has 1 saturated heterocycles. The van der Waals surface area contributed by atoms with E-state index in [4.69, 9.17) is 5.73 Å². The molecule has 0 atom stereocenters. The first-order valence-corrected chi connectivity index (χ1v) is 13.5. The number of aromatic nitrogens is 4. The number of nitrogens with one attached hydrogen (secondary N) is 3. The second kappa shape index (κ2) is 11.1. The normalized spacial score (nSPS) is 13.3. The van der Waals surface area contributed by atoms with Crippen molar-refractivity contribution in [3.63, 3.8) is 0 Å². The van der Waals surface area contributed by atoms with Crippen molar-refractivity contribution in [2.24, 2.45) is 5.73 Å². The summed E-state index contributed by atoms with van der Waals surface area (Å²) in [5.74, 6) is -1.04. The standard InChI is InChI=1S/C30H29N9O3/c1-19-17-21(37-13-15-38(16-14-37)30(42)33-20-7-3-2-4-8-20)11-12-22(19)34-28(41)25-26(27(31)40)39(18-32-25)29-35-23-9-5-6-10-24(23)36-29/h2-12,17-18H,13-16H2,1H3,(H2,31,40)(H,33,42)(H,34,41)(H,35,36). The number of urea groups is 1. The zero-order valence-corrected chi connectivity index (χ0v) is 22.9. The summed E-state index contributed by atoms with van der Waals surface area (Å²) < 4.78 is 1.38. The van der Waals surface area contributed by atoms with Gasteiger partial charge in [0, 0.05) is 43.2 Å². The molecule has 1 aliphatic rings. The molecular formula is C30H29N9O3. The maximum Gasteiger partial charge on any atom is 0.321 e. The van der Waals surface area contributed by atoms with Crippen LogP contribution in [0.2, 0.25) is 0 Å². The topological polar surface area (TPSA) is 154 Å². The van der Waals surface area contributed by atoms with E-state index in [1.807, 2.05) is 79.7 Å². The Morgan fingerprint density at radius 1 is 0.905 bits per heavy atom. The predicted octanol–water partition coefficient (Wildman–Crippen LogP) is 3.76. The van der Waals surface area contributed by atoms with Crippen molar-refractivity contribution in [2.75, 3.05) is 41.7 Å². The first-order chi connectivity index (χ1) is 20.4. The average Bonchev–Trinajstić information content (AvgIpc) is 3.64. The van der Waals surface area contributed by atoms with Crippen LogP contribution in [0.15, 0.2) is 79.1 Å². The number of benzene rings is 3. The minimum absolute atomic E-state index is 0.0741. The fourth-order valence-corrected chi connectivity index (χ4v) is 5.02. The smallest absolute Gasteiger partial charge is 0.321 e. The molecule has 0 radical (unpaired) electrons. The van der Waals surface area contributed by atoms with E-state index in [1.165, 1.54) is 10.9 Å². The molecule has 42 heavy (non-hydrogen) atoms. The highest BCUT2D eigenvalue weighted by atomic mass is 16.2. The Hall–Kier alpha value is -5.65. The molecule has 12 nitrogen and oxygen atoms in total. The third-order valence-electron chi connectivity index (χ3n) is 7.24. The molecule has 0 unspecified atom stereocenters. The van der Waals surface area contributed by atoms with Crippen molar-refractivity contribution in [3.8, 4) is 5.95 Å². The van der Waals surface area contributed by atoms with Crippen LogP contribution in [0.3, 0.4) is 0 Å². The summed E-state index contributed by atoms with van der Waals surface area (Å²) >= 11 is 0. The number of primary amides is 1. The molecule has 0 bridgehead atoms. The Labute approximate surface area is 241 Å². The fraction of sp³-hybridized carbons (Fsp3) is 0.167. The minimum Gasteiger partial charge on any atom is -0.368 e. The van der Waals surface area contributed by atoms with Gasteiger partial charge in [0.1, 0.15) is 12.0 Å². The van der Waals surface area contributed by atoms with E-state index in [0.29, 0.717) is 43.3 Å². The zero-order valence-electron chi connectivity index (χ0n) is 22.9. The van der Waals surface area contributed by atoms with Crippen LogP contribution in [-0.2, 0) is 0 Å². The Morgan fingerprint density at radius 2 is 1.64 bits per heavy atom. The second-order valence-electron chi connectivity index (χ2n) is 9.98. The first kappa shape index (κ1) is 26.6. The molecular weight excluding hydrogens is 534 g/mol. The van der Waals surface area contributed by atoms with E-state index in [0.717, 1.165) is 22.5 Å². The number of amides is 4. The van der Waals surface area contributed by atoms with Crippen LogP contribution in [0.5, 0.6) is 0 Å². The fourth-order valence-electron chi connectivity index (χ4n) is 5.02. The van der Waals surface area contributed by atoms with Crippen LogP contribution in [-0.4, -0.2) is 68.4 Å². The maximum absolute atomic E-state index is 13.2. The number of aryl methyl sites for hydroxylation is 1. The highest BCUT2D eigenvalue weighted by Crippen LogP contribution is 2.25. The number of nitrogens with two attached hydrogens (primary N) is 1. The van der Waals surface area contributed by atoms with Crippen molar-refractivity contribution in [3.05, 3.63) is 96.1 Å². The molecule has 212 valence electrons. The lowest BCUT2D eigenvalue weighted by Gasteiger charge is -2.36. The zero-order chi connectivity index (χ0) is 29.2. The van der Waals surface area contributed by atoms with E-state index >= 15 is 0 Å². The molecule has 5 N–H and O–H groups in total. The molecule has 0 spiro atoms. The van der Waals surface area contributed by atoms with Gasteiger partial charge in [-0.1, -0.05) is 30.3 Å². The number of H-pyrrole nitrogens is 1. The van der Waals surface area contributed by atoms with Crippen LogP contribution >= 0.6 is 0 Å². The van der Waals surface area contributed by atoms with Gasteiger partial charge in [-0.15, -0.1) is 0 Å². The number of piperazine rings is 1. The third kappa shape index (κ3) is 5.24. The number of anilines is 3. The van der Waals surface area contributed by atoms with Gasteiger partial charge in [-0.25, -0.2) is 14.8 Å². The number of para-hydroxylation sites is 3. The Kier molecular flexibility index (Phi) is 7.01. The SMILES string of the molecule is Cc1cc(N2CCN(C(=O)Nc3ccccc3)CC2)ccc1NC(=O)c1ncn(-c2nc3ccccc3[nH]2)c1C(N)=O. The largest absolute Gasteiger partial charge is 0.368 e. The van der Waals surface area contributed by atoms with Gasteiger partial charge in [0.2, 0.25) is 5.95 Å². The third-order valence-corrected chi connectivity index (χ3v) is 7.24. The summed E-state index contributed by atoms with van der Waals surface area (Å²) in [5.41, 5.74) is 10.1. The summed E-state index contributed by atoms with van der Waals surface area (Å²) in [6, 6.07) is 22.4. The molecule has 1 aliphatic heterocycles. The monoisotopic (exact) mass is 563 g/mol. The molecule has 12 heteroatoms. The number of carbonyl (C=O) groups is 3. The second-order valence-corrected chi connectivity index (χ2v) is 9.98. The average molecular weight is 564 g/mol. The van der Waals surface area contributed by atoms with E-state index in [9.17, 15) is 14.4 Å². The molecule has 1 fully saturated rings. The predicted molar refractivity (Wildman–Crippen MR) is 160 cm³/mol. The van der Waals surface area contributed by atoms with Gasteiger partial charge in [0.25, 0.3) is 11.8 Å². The number of fused-ring (bicyclic) bond motifs is 1. The van der Waals surface area contributed by atoms with Crippen LogP contribution in [0.1, 0.15) is 26.5 Å². The summed E-state index contributed by atoms with van der Waals surface area (Å²) in [5, 5.41) is 5.79. The van der Waals surface area contributed by atoms with Gasteiger partial charge < -0.3 is 31.2 Å². The highest BCUT2D eigenvalue weighted by molar-refractivity contribution is 6.10. The summed E-state index contributed by atoms with van der Waals surface area (Å²) in [7, 11) is 0. The van der Waals surface area contributed by atoms with Crippen molar-refractivity contribution < 1.29 is 14.4 Å². The van der Waals surface area contributed by atoms with Gasteiger partial charge in [-0.3, -0.25) is 14.2 Å². The van der Waals surface area contributed by atoms with Crippen LogP contribution < -0.4 is 21.3 Å². The summed E-state index contributed by atoms with van der Waals surface area (Å²) in [6.07, 6.45) is 1.35. The minimum atomic E-state index is -0.804. The Bertz CT molecular complexity index is 1750. The molecule has 2 aromatic heterocycles. The number of hydrogen-bond acceptors (Lipinski definition) is 6. The van der Waals surface area contributed by atoms with Crippen LogP contribution in [0, 0.1) is 6.92 Å². The van der Waals surface area contributed by atoms with E-state index < -0.39 is 11.8 Å². The number of aromatic amines is 1. The lowest BCUT2D eigenvalue weighted by Crippen LogP contribution is -2.50. The van der Waals surface area contributed by atoms with Gasteiger partial charge in [0.15, 0.2) is 5.69 Å². The van der Waals surface area contributed by atoms with Gasteiger partial charge in [0.05, 0.1) is 11.0 Å². The van der Waals surface area contributed by atoms with Crippen LogP contribution in [0.4, 0.5) is 21.9 Å². The number of imidazole rings is 2. The highest BCUT2D eigenvalue weighted by Gasteiger charge is 2.25. The molecule has 4 amide bonds. The number of carbonyl (C=O) groups excluding carboxylic acids is 3. The molecule has 5 aromatic rings. The molecule has 3 heterocycles. The lowest BCUT2D eigenvalue weighted by atomic mass is 10.1. The number of nitrogens with zero attached hydrogens (tertiary/aromatic N) is 5.